The Morgan fingerprint density at radius 1 is 0.755 bits per heavy atom. The molecule has 0 N–H and O–H groups in total. The first kappa shape index (κ1) is 31.9. The highest BCUT2D eigenvalue weighted by atomic mass is 15.2. The highest BCUT2D eigenvalue weighted by molar-refractivity contribution is 5.77. The van der Waals surface area contributed by atoms with Gasteiger partial charge in [0.1, 0.15) is 0 Å². The van der Waals surface area contributed by atoms with Gasteiger partial charge in [0.15, 0.2) is 0 Å². The van der Waals surface area contributed by atoms with Gasteiger partial charge in [-0.2, -0.15) is 0 Å². The SMILES string of the molecule is CC1C=CC=C(N(C2=CC3(C)C=CCCC3C=C2)c2ccc(C3=CCC(N(C4=CCCC=C4)C4=CC5CC(C)C=CC5C=C4)C=C3)cc2)C1. The first-order valence-corrected chi connectivity index (χ1v) is 18.9. The molecule has 250 valence electrons. The average Bonchev–Trinajstić information content (AvgIpc) is 3.12. The summed E-state index contributed by atoms with van der Waals surface area (Å²) in [5.74, 6) is 2.87. The van der Waals surface area contributed by atoms with E-state index in [4.69, 9.17) is 0 Å². The lowest BCUT2D eigenvalue weighted by Crippen LogP contribution is -2.34. The Kier molecular flexibility index (Phi) is 8.83. The number of hydrogen-bond acceptors (Lipinski definition) is 2. The first-order chi connectivity index (χ1) is 23.9. The molecule has 2 nitrogen and oxygen atoms in total. The van der Waals surface area contributed by atoms with Crippen LogP contribution in [0.5, 0.6) is 0 Å². The summed E-state index contributed by atoms with van der Waals surface area (Å²) in [6.07, 6.45) is 53.5. The van der Waals surface area contributed by atoms with Crippen LogP contribution in [0.3, 0.4) is 0 Å². The number of rotatable bonds is 7. The van der Waals surface area contributed by atoms with E-state index in [9.17, 15) is 0 Å². The van der Waals surface area contributed by atoms with Crippen LogP contribution in [0.1, 0.15) is 71.3 Å². The second-order valence-electron chi connectivity index (χ2n) is 15.6. The van der Waals surface area contributed by atoms with Crippen molar-refractivity contribution in [3.63, 3.8) is 0 Å². The first-order valence-electron chi connectivity index (χ1n) is 18.9. The van der Waals surface area contributed by atoms with Crippen molar-refractivity contribution < 1.29 is 0 Å². The van der Waals surface area contributed by atoms with Gasteiger partial charge >= 0.3 is 0 Å². The van der Waals surface area contributed by atoms with E-state index in [2.05, 4.69) is 170 Å². The quantitative estimate of drug-likeness (QED) is 0.273. The molecule has 0 bridgehead atoms. The predicted octanol–water partition coefficient (Wildman–Crippen LogP) is 11.9. The van der Waals surface area contributed by atoms with Crippen LogP contribution in [-0.2, 0) is 0 Å². The zero-order valence-electron chi connectivity index (χ0n) is 29.6. The lowest BCUT2D eigenvalue weighted by atomic mass is 9.69. The van der Waals surface area contributed by atoms with Crippen LogP contribution < -0.4 is 4.90 Å². The minimum absolute atomic E-state index is 0.0693. The number of hydrogen-bond donors (Lipinski definition) is 0. The molecular formula is C47H52N2. The lowest BCUT2D eigenvalue weighted by molar-refractivity contribution is 0.348. The average molecular weight is 645 g/mol. The number of benzene rings is 1. The molecule has 0 saturated carbocycles. The normalized spacial score (nSPS) is 32.8. The van der Waals surface area contributed by atoms with Crippen molar-refractivity contribution in [2.24, 2.45) is 35.0 Å². The molecule has 1 aromatic carbocycles. The minimum Gasteiger partial charge on any atom is -0.335 e. The number of anilines is 1. The highest BCUT2D eigenvalue weighted by Crippen LogP contribution is 2.45. The Balaban J connectivity index is 1.05. The maximum atomic E-state index is 2.60. The monoisotopic (exact) mass is 644 g/mol. The Morgan fingerprint density at radius 3 is 2.43 bits per heavy atom. The van der Waals surface area contributed by atoms with E-state index in [0.29, 0.717) is 35.6 Å². The third-order valence-electron chi connectivity index (χ3n) is 11.8. The zero-order chi connectivity index (χ0) is 33.4. The van der Waals surface area contributed by atoms with E-state index >= 15 is 0 Å². The lowest BCUT2D eigenvalue weighted by Gasteiger charge is -2.40. The zero-order valence-corrected chi connectivity index (χ0v) is 29.6. The van der Waals surface area contributed by atoms with Crippen molar-refractivity contribution in [2.45, 2.75) is 71.8 Å². The number of fused-ring (bicyclic) bond motifs is 2. The summed E-state index contributed by atoms with van der Waals surface area (Å²) in [6.45, 7) is 7.07. The van der Waals surface area contributed by atoms with Crippen molar-refractivity contribution in [3.8, 4) is 0 Å². The van der Waals surface area contributed by atoms with Crippen LogP contribution in [-0.4, -0.2) is 10.9 Å². The predicted molar refractivity (Wildman–Crippen MR) is 208 cm³/mol. The van der Waals surface area contributed by atoms with Crippen molar-refractivity contribution in [1.29, 1.82) is 0 Å². The van der Waals surface area contributed by atoms with Gasteiger partial charge in [-0.05, 0) is 116 Å². The van der Waals surface area contributed by atoms with Crippen LogP contribution >= 0.6 is 0 Å². The molecule has 7 atom stereocenters. The molecule has 0 spiro atoms. The minimum atomic E-state index is 0.0693. The van der Waals surface area contributed by atoms with E-state index in [1.54, 1.807) is 0 Å². The summed E-state index contributed by atoms with van der Waals surface area (Å²) in [7, 11) is 0. The van der Waals surface area contributed by atoms with Gasteiger partial charge in [0.25, 0.3) is 0 Å². The van der Waals surface area contributed by atoms with Crippen molar-refractivity contribution >= 4 is 11.3 Å². The van der Waals surface area contributed by atoms with Crippen LogP contribution in [0.25, 0.3) is 5.57 Å². The molecule has 0 fully saturated rings. The molecule has 2 heteroatoms. The summed E-state index contributed by atoms with van der Waals surface area (Å²) in [5.41, 5.74) is 9.24. The molecule has 49 heavy (non-hydrogen) atoms. The number of nitrogens with zero attached hydrogens (tertiary/aromatic N) is 2. The van der Waals surface area contributed by atoms with Crippen LogP contribution in [0.2, 0.25) is 0 Å². The van der Waals surface area contributed by atoms with Crippen LogP contribution in [0.4, 0.5) is 5.69 Å². The Labute approximate surface area is 295 Å². The maximum absolute atomic E-state index is 2.60. The highest BCUT2D eigenvalue weighted by Gasteiger charge is 2.34. The van der Waals surface area contributed by atoms with Gasteiger partial charge in [-0.25, -0.2) is 0 Å². The van der Waals surface area contributed by atoms with E-state index in [1.807, 2.05) is 0 Å². The molecule has 0 aromatic heterocycles. The van der Waals surface area contributed by atoms with Crippen molar-refractivity contribution in [3.05, 3.63) is 168 Å². The molecule has 7 aliphatic carbocycles. The van der Waals surface area contributed by atoms with Crippen LogP contribution in [0.15, 0.2) is 162 Å². The fourth-order valence-corrected chi connectivity index (χ4v) is 8.98. The van der Waals surface area contributed by atoms with Gasteiger partial charge in [-0.15, -0.1) is 0 Å². The molecule has 0 amide bonds. The van der Waals surface area contributed by atoms with E-state index in [-0.39, 0.29) is 5.41 Å². The summed E-state index contributed by atoms with van der Waals surface area (Å²) in [4.78, 5) is 5.11. The van der Waals surface area contributed by atoms with Gasteiger partial charge < -0.3 is 9.80 Å². The molecular weight excluding hydrogens is 593 g/mol. The third-order valence-corrected chi connectivity index (χ3v) is 11.8. The molecule has 1 aromatic rings. The molecule has 7 aliphatic rings. The van der Waals surface area contributed by atoms with Crippen molar-refractivity contribution in [2.75, 3.05) is 4.90 Å². The van der Waals surface area contributed by atoms with Gasteiger partial charge in [-0.1, -0.05) is 124 Å². The molecule has 0 heterocycles. The molecule has 7 unspecified atom stereocenters. The summed E-state index contributed by atoms with van der Waals surface area (Å²) >= 11 is 0. The molecule has 8 rings (SSSR count). The molecule has 0 saturated heterocycles. The van der Waals surface area contributed by atoms with Crippen LogP contribution in [0, 0.1) is 35.0 Å². The summed E-state index contributed by atoms with van der Waals surface area (Å²) in [6, 6.07) is 9.62. The maximum Gasteiger partial charge on any atom is 0.0560 e. The van der Waals surface area contributed by atoms with Gasteiger partial charge in [0.05, 0.1) is 6.04 Å². The fraction of sp³-hybridized carbons (Fsp3) is 0.362. The Hall–Kier alpha value is -4.30. The summed E-state index contributed by atoms with van der Waals surface area (Å²) < 4.78 is 0. The smallest absolute Gasteiger partial charge is 0.0560 e. The van der Waals surface area contributed by atoms with E-state index in [0.717, 1.165) is 25.7 Å². The number of allylic oxidation sites excluding steroid dienone is 19. The van der Waals surface area contributed by atoms with Gasteiger partial charge in [0.2, 0.25) is 0 Å². The Bertz CT molecular complexity index is 1810. The topological polar surface area (TPSA) is 6.48 Å². The second-order valence-corrected chi connectivity index (χ2v) is 15.6. The van der Waals surface area contributed by atoms with Crippen molar-refractivity contribution in [1.82, 2.24) is 4.90 Å². The van der Waals surface area contributed by atoms with Gasteiger partial charge in [0, 0.05) is 39.8 Å². The Morgan fingerprint density at radius 2 is 1.63 bits per heavy atom. The molecule has 0 radical (unpaired) electrons. The van der Waals surface area contributed by atoms with E-state index < -0.39 is 0 Å². The standard InChI is InChI=1S/C47H52N2/c1-34-10-9-14-44(31-34)49(46-28-22-40-11-7-8-29-47(40,3)33-46)43-25-19-37(20-26-43)36-17-23-42(24-18-36)48(41-12-5-4-6-13-41)45-27-21-38-16-15-35(2)30-39(38)32-45/h5,8-10,12-23,25-29,32-35,38-40,42H,4,6-7,11,24,30-31H2,1-3H3. The third kappa shape index (κ3) is 6.55. The van der Waals surface area contributed by atoms with Gasteiger partial charge in [-0.3, -0.25) is 0 Å². The summed E-state index contributed by atoms with van der Waals surface area (Å²) in [5, 5.41) is 0. The van der Waals surface area contributed by atoms with E-state index in [1.165, 1.54) is 58.9 Å². The largest absolute Gasteiger partial charge is 0.335 e. The second kappa shape index (κ2) is 13.5. The fourth-order valence-electron chi connectivity index (χ4n) is 8.98. The molecule has 0 aliphatic heterocycles.